The first-order valence-corrected chi connectivity index (χ1v) is 11.0. The number of hydrogen-bond donors (Lipinski definition) is 2. The van der Waals surface area contributed by atoms with Crippen molar-refractivity contribution in [2.75, 3.05) is 17.6 Å². The van der Waals surface area contributed by atoms with E-state index in [2.05, 4.69) is 46.5 Å². The highest BCUT2D eigenvalue weighted by atomic mass is 35.5. The van der Waals surface area contributed by atoms with Crippen molar-refractivity contribution >= 4 is 46.1 Å². The number of carbonyl (C=O) groups excluding carboxylic acids is 1. The van der Waals surface area contributed by atoms with Gasteiger partial charge in [-0.1, -0.05) is 42.4 Å². The van der Waals surface area contributed by atoms with E-state index >= 15 is 0 Å². The smallest absolute Gasteiger partial charge is 0.252 e. The Kier molecular flexibility index (Phi) is 7.33. The molecular formula is C20H25ClN6OS. The molecule has 1 amide bonds. The second-order valence-electron chi connectivity index (χ2n) is 6.84. The molecule has 3 rings (SSSR count). The minimum absolute atomic E-state index is 0.206. The normalized spacial score (nSPS) is 11.2. The van der Waals surface area contributed by atoms with E-state index in [1.165, 1.54) is 0 Å². The fourth-order valence-corrected chi connectivity index (χ4v) is 3.67. The zero-order valence-corrected chi connectivity index (χ0v) is 18.3. The predicted molar refractivity (Wildman–Crippen MR) is 119 cm³/mol. The second-order valence-corrected chi connectivity index (χ2v) is 8.31. The molecule has 2 aromatic heterocycles. The maximum Gasteiger partial charge on any atom is 0.252 e. The molecule has 0 unspecified atom stereocenters. The van der Waals surface area contributed by atoms with Crippen molar-refractivity contribution in [3.05, 3.63) is 41.0 Å². The lowest BCUT2D eigenvalue weighted by molar-refractivity contribution is 0.0952. The van der Waals surface area contributed by atoms with E-state index in [0.29, 0.717) is 23.7 Å². The molecule has 2 heterocycles. The van der Waals surface area contributed by atoms with Gasteiger partial charge < -0.3 is 10.6 Å². The van der Waals surface area contributed by atoms with E-state index in [1.807, 2.05) is 0 Å². The standard InChI is InChI=1S/C20H25ClN6OS/c1-4-11-29-20-25-17(24-13(2)3)15-12-23-27(18(15)26-20)10-9-22-19(28)14-7-5-6-8-16(14)21/h5-8,12-13H,4,9-11H2,1-3H3,(H,22,28)(H,24,25,26). The molecule has 0 saturated heterocycles. The average Bonchev–Trinajstić information content (AvgIpc) is 3.09. The number of nitrogens with one attached hydrogen (secondary N) is 2. The molecule has 0 atom stereocenters. The fourth-order valence-electron chi connectivity index (χ4n) is 2.76. The second kappa shape index (κ2) is 9.93. The number of fused-ring (bicyclic) bond motifs is 1. The Hall–Kier alpha value is -2.32. The van der Waals surface area contributed by atoms with Crippen LogP contribution in [0.3, 0.4) is 0 Å². The summed E-state index contributed by atoms with van der Waals surface area (Å²) in [5.41, 5.74) is 1.22. The molecule has 29 heavy (non-hydrogen) atoms. The summed E-state index contributed by atoms with van der Waals surface area (Å²) < 4.78 is 1.80. The summed E-state index contributed by atoms with van der Waals surface area (Å²) in [6.07, 6.45) is 2.82. The van der Waals surface area contributed by atoms with Gasteiger partial charge in [-0.15, -0.1) is 0 Å². The summed E-state index contributed by atoms with van der Waals surface area (Å²) in [6, 6.07) is 7.24. The summed E-state index contributed by atoms with van der Waals surface area (Å²) in [5.74, 6) is 1.53. The predicted octanol–water partition coefficient (Wildman–Crippen LogP) is 4.23. The minimum atomic E-state index is -0.206. The molecule has 3 aromatic rings. The Morgan fingerprint density at radius 2 is 2.07 bits per heavy atom. The third kappa shape index (κ3) is 5.39. The zero-order chi connectivity index (χ0) is 20.8. The van der Waals surface area contributed by atoms with Crippen LogP contribution in [-0.4, -0.2) is 44.0 Å². The number of carbonyl (C=O) groups is 1. The number of aromatic nitrogens is 4. The van der Waals surface area contributed by atoms with Crippen molar-refractivity contribution in [2.45, 2.75) is 44.9 Å². The molecular weight excluding hydrogens is 408 g/mol. The molecule has 0 spiro atoms. The van der Waals surface area contributed by atoms with Crippen molar-refractivity contribution in [3.63, 3.8) is 0 Å². The van der Waals surface area contributed by atoms with Crippen LogP contribution in [0.2, 0.25) is 5.02 Å². The Morgan fingerprint density at radius 1 is 1.28 bits per heavy atom. The van der Waals surface area contributed by atoms with Crippen LogP contribution in [0.5, 0.6) is 0 Å². The van der Waals surface area contributed by atoms with Gasteiger partial charge in [-0.2, -0.15) is 5.10 Å². The van der Waals surface area contributed by atoms with Crippen molar-refractivity contribution < 1.29 is 4.79 Å². The van der Waals surface area contributed by atoms with Crippen molar-refractivity contribution in [3.8, 4) is 0 Å². The quantitative estimate of drug-likeness (QED) is 0.388. The zero-order valence-electron chi connectivity index (χ0n) is 16.8. The number of hydrogen-bond acceptors (Lipinski definition) is 6. The van der Waals surface area contributed by atoms with Gasteiger partial charge in [0.1, 0.15) is 5.82 Å². The van der Waals surface area contributed by atoms with E-state index in [4.69, 9.17) is 11.6 Å². The Labute approximate surface area is 179 Å². The summed E-state index contributed by atoms with van der Waals surface area (Å²) >= 11 is 7.72. The minimum Gasteiger partial charge on any atom is -0.367 e. The molecule has 0 aliphatic heterocycles. The monoisotopic (exact) mass is 432 g/mol. The molecule has 154 valence electrons. The Morgan fingerprint density at radius 3 is 2.79 bits per heavy atom. The van der Waals surface area contributed by atoms with E-state index < -0.39 is 0 Å². The van der Waals surface area contributed by atoms with Crippen LogP contribution >= 0.6 is 23.4 Å². The van der Waals surface area contributed by atoms with Gasteiger partial charge in [-0.05, 0) is 32.4 Å². The molecule has 0 radical (unpaired) electrons. The van der Waals surface area contributed by atoms with Crippen LogP contribution in [0.4, 0.5) is 5.82 Å². The van der Waals surface area contributed by atoms with Gasteiger partial charge in [-0.25, -0.2) is 14.6 Å². The van der Waals surface area contributed by atoms with Gasteiger partial charge in [0.05, 0.1) is 28.7 Å². The number of thioether (sulfide) groups is 1. The Bertz CT molecular complexity index is 990. The van der Waals surface area contributed by atoms with Crippen LogP contribution in [0.1, 0.15) is 37.6 Å². The van der Waals surface area contributed by atoms with Gasteiger partial charge in [0, 0.05) is 18.3 Å². The van der Waals surface area contributed by atoms with Gasteiger partial charge in [-0.3, -0.25) is 4.79 Å². The van der Waals surface area contributed by atoms with Crippen LogP contribution in [0, 0.1) is 0 Å². The van der Waals surface area contributed by atoms with Crippen LogP contribution in [0.25, 0.3) is 11.0 Å². The van der Waals surface area contributed by atoms with E-state index in [-0.39, 0.29) is 11.9 Å². The number of anilines is 1. The molecule has 0 fully saturated rings. The molecule has 7 nitrogen and oxygen atoms in total. The topological polar surface area (TPSA) is 84.7 Å². The van der Waals surface area contributed by atoms with Gasteiger partial charge in [0.25, 0.3) is 5.91 Å². The molecule has 0 saturated carbocycles. The van der Waals surface area contributed by atoms with Crippen molar-refractivity contribution in [1.82, 2.24) is 25.1 Å². The molecule has 0 aliphatic rings. The highest BCUT2D eigenvalue weighted by Crippen LogP contribution is 2.25. The summed E-state index contributed by atoms with van der Waals surface area (Å²) in [6.45, 7) is 7.18. The summed E-state index contributed by atoms with van der Waals surface area (Å²) in [5, 5.41) is 12.8. The molecule has 2 N–H and O–H groups in total. The molecule has 9 heteroatoms. The maximum absolute atomic E-state index is 12.3. The number of benzene rings is 1. The van der Waals surface area contributed by atoms with Gasteiger partial charge in [0.2, 0.25) is 0 Å². The largest absolute Gasteiger partial charge is 0.367 e. The lowest BCUT2D eigenvalue weighted by Crippen LogP contribution is -2.27. The lowest BCUT2D eigenvalue weighted by Gasteiger charge is -2.12. The van der Waals surface area contributed by atoms with Crippen LogP contribution in [0.15, 0.2) is 35.6 Å². The first-order chi connectivity index (χ1) is 14.0. The first-order valence-electron chi connectivity index (χ1n) is 9.65. The number of nitrogens with zero attached hydrogens (tertiary/aromatic N) is 4. The lowest BCUT2D eigenvalue weighted by atomic mass is 10.2. The SMILES string of the molecule is CCCSc1nc(NC(C)C)c2cnn(CCNC(=O)c3ccccc3Cl)c2n1. The molecule has 0 bridgehead atoms. The van der Waals surface area contributed by atoms with E-state index in [9.17, 15) is 4.79 Å². The van der Waals surface area contributed by atoms with Gasteiger partial charge >= 0.3 is 0 Å². The molecule has 1 aromatic carbocycles. The van der Waals surface area contributed by atoms with Crippen LogP contribution < -0.4 is 10.6 Å². The highest BCUT2D eigenvalue weighted by molar-refractivity contribution is 7.99. The van der Waals surface area contributed by atoms with E-state index in [0.717, 1.165) is 34.2 Å². The maximum atomic E-state index is 12.3. The van der Waals surface area contributed by atoms with Gasteiger partial charge in [0.15, 0.2) is 10.8 Å². The van der Waals surface area contributed by atoms with Crippen LogP contribution in [-0.2, 0) is 6.54 Å². The molecule has 0 aliphatic carbocycles. The first kappa shape index (κ1) is 21.4. The third-order valence-electron chi connectivity index (χ3n) is 4.06. The number of halogens is 1. The summed E-state index contributed by atoms with van der Waals surface area (Å²) in [4.78, 5) is 21.7. The highest BCUT2D eigenvalue weighted by Gasteiger charge is 2.15. The third-order valence-corrected chi connectivity index (χ3v) is 5.45. The fraction of sp³-hybridized carbons (Fsp3) is 0.400. The van der Waals surface area contributed by atoms with Crippen molar-refractivity contribution in [1.29, 1.82) is 0 Å². The summed E-state index contributed by atoms with van der Waals surface area (Å²) in [7, 11) is 0. The number of amides is 1. The average molecular weight is 433 g/mol. The number of rotatable bonds is 9. The van der Waals surface area contributed by atoms with Crippen molar-refractivity contribution in [2.24, 2.45) is 0 Å². The Balaban J connectivity index is 1.76. The van der Waals surface area contributed by atoms with E-state index in [1.54, 1.807) is 46.9 Å².